The maximum absolute atomic E-state index is 11.4. The van der Waals surface area contributed by atoms with Crippen molar-refractivity contribution < 1.29 is 9.52 Å². The molecule has 2 rings (SSSR count). The third-order valence-corrected chi connectivity index (χ3v) is 2.65. The van der Waals surface area contributed by atoms with Gasteiger partial charge in [0.25, 0.3) is 0 Å². The van der Waals surface area contributed by atoms with Crippen LogP contribution in [-0.4, -0.2) is 10.8 Å². The molecule has 0 radical (unpaired) electrons. The van der Waals surface area contributed by atoms with Crippen LogP contribution in [0.5, 0.6) is 5.75 Å². The van der Waals surface area contributed by atoms with Gasteiger partial charge in [-0.1, -0.05) is 0 Å². The Bertz CT molecular complexity index is 671. The predicted octanol–water partition coefficient (Wildman–Crippen LogP) is 1.49. The fraction of sp³-hybridized carbons (Fsp3) is 0.167. The van der Waals surface area contributed by atoms with Gasteiger partial charge in [0.05, 0.1) is 11.3 Å². The van der Waals surface area contributed by atoms with Crippen molar-refractivity contribution in [1.29, 1.82) is 0 Å². The van der Waals surface area contributed by atoms with E-state index < -0.39 is 5.63 Å². The first-order chi connectivity index (χ1) is 8.04. The standard InChI is InChI=1S/C12H12N2O3/c1-6-5-10(16)17-12-8(6)3-4-9(15)11(12)7(2)14-13/h3-5,15H,13H2,1-2H3. The second kappa shape index (κ2) is 3.93. The third kappa shape index (κ3) is 1.75. The molecule has 0 unspecified atom stereocenters. The van der Waals surface area contributed by atoms with Crippen LogP contribution in [0.25, 0.3) is 11.0 Å². The normalized spacial score (nSPS) is 12.0. The van der Waals surface area contributed by atoms with Gasteiger partial charge in [0.1, 0.15) is 5.75 Å². The summed E-state index contributed by atoms with van der Waals surface area (Å²) >= 11 is 0. The van der Waals surface area contributed by atoms with E-state index in [0.29, 0.717) is 16.9 Å². The van der Waals surface area contributed by atoms with E-state index in [2.05, 4.69) is 5.10 Å². The lowest BCUT2D eigenvalue weighted by Crippen LogP contribution is -2.04. The molecule has 5 heteroatoms. The zero-order valence-corrected chi connectivity index (χ0v) is 9.52. The first-order valence-electron chi connectivity index (χ1n) is 5.06. The number of phenols is 1. The molecule has 0 amide bonds. The zero-order valence-electron chi connectivity index (χ0n) is 9.52. The molecular weight excluding hydrogens is 220 g/mol. The third-order valence-electron chi connectivity index (χ3n) is 2.65. The van der Waals surface area contributed by atoms with Crippen molar-refractivity contribution in [2.45, 2.75) is 13.8 Å². The summed E-state index contributed by atoms with van der Waals surface area (Å²) in [6.45, 7) is 3.44. The van der Waals surface area contributed by atoms with Crippen molar-refractivity contribution in [2.24, 2.45) is 10.9 Å². The number of benzene rings is 1. The molecule has 0 atom stereocenters. The number of nitrogens with two attached hydrogens (primary N) is 1. The number of phenolic OH excluding ortho intramolecular Hbond substituents is 1. The minimum Gasteiger partial charge on any atom is -0.507 e. The minimum absolute atomic E-state index is 0.0158. The van der Waals surface area contributed by atoms with Crippen LogP contribution >= 0.6 is 0 Å². The molecule has 5 nitrogen and oxygen atoms in total. The van der Waals surface area contributed by atoms with E-state index in [0.717, 1.165) is 10.9 Å². The number of aromatic hydroxyl groups is 1. The van der Waals surface area contributed by atoms with Crippen molar-refractivity contribution in [3.8, 4) is 5.75 Å². The van der Waals surface area contributed by atoms with Gasteiger partial charge in [0.15, 0.2) is 5.58 Å². The largest absolute Gasteiger partial charge is 0.507 e. The van der Waals surface area contributed by atoms with Gasteiger partial charge in [0, 0.05) is 11.5 Å². The summed E-state index contributed by atoms with van der Waals surface area (Å²) in [5.41, 5.74) is 1.38. The summed E-state index contributed by atoms with van der Waals surface area (Å²) in [5, 5.41) is 14.1. The van der Waals surface area contributed by atoms with E-state index in [1.54, 1.807) is 19.9 Å². The number of rotatable bonds is 1. The second-order valence-corrected chi connectivity index (χ2v) is 3.80. The highest BCUT2D eigenvalue weighted by molar-refractivity contribution is 6.10. The molecule has 17 heavy (non-hydrogen) atoms. The quantitative estimate of drug-likeness (QED) is 0.337. The number of hydrogen-bond acceptors (Lipinski definition) is 5. The Morgan fingerprint density at radius 1 is 1.47 bits per heavy atom. The monoisotopic (exact) mass is 232 g/mol. The lowest BCUT2D eigenvalue weighted by molar-refractivity contribution is 0.471. The van der Waals surface area contributed by atoms with Crippen LogP contribution in [0, 0.1) is 6.92 Å². The summed E-state index contributed by atoms with van der Waals surface area (Å²) < 4.78 is 5.13. The zero-order chi connectivity index (χ0) is 12.6. The Morgan fingerprint density at radius 3 is 2.82 bits per heavy atom. The Hall–Kier alpha value is -2.30. The van der Waals surface area contributed by atoms with Crippen LogP contribution < -0.4 is 11.5 Å². The molecule has 1 heterocycles. The number of hydrazone groups is 1. The lowest BCUT2D eigenvalue weighted by Gasteiger charge is -2.07. The maximum Gasteiger partial charge on any atom is 0.336 e. The van der Waals surface area contributed by atoms with E-state index in [9.17, 15) is 9.90 Å². The molecule has 3 N–H and O–H groups in total. The molecular formula is C12H12N2O3. The molecule has 0 aliphatic heterocycles. The van der Waals surface area contributed by atoms with Gasteiger partial charge >= 0.3 is 5.63 Å². The summed E-state index contributed by atoms with van der Waals surface area (Å²) in [4.78, 5) is 11.4. The molecule has 0 saturated carbocycles. The number of nitrogens with zero attached hydrogens (tertiary/aromatic N) is 1. The predicted molar refractivity (Wildman–Crippen MR) is 65.3 cm³/mol. The first kappa shape index (κ1) is 11.2. The van der Waals surface area contributed by atoms with Gasteiger partial charge < -0.3 is 15.4 Å². The SMILES string of the molecule is CC(=NN)c1c(O)ccc2c(C)cc(=O)oc12. The van der Waals surface area contributed by atoms with Crippen molar-refractivity contribution in [2.75, 3.05) is 0 Å². The van der Waals surface area contributed by atoms with Gasteiger partial charge in [-0.25, -0.2) is 4.79 Å². The highest BCUT2D eigenvalue weighted by Crippen LogP contribution is 2.28. The fourth-order valence-corrected chi connectivity index (χ4v) is 1.79. The van der Waals surface area contributed by atoms with Gasteiger partial charge in [-0.05, 0) is 31.5 Å². The summed E-state index contributed by atoms with van der Waals surface area (Å²) in [5.74, 6) is 5.18. The lowest BCUT2D eigenvalue weighted by atomic mass is 10.0. The second-order valence-electron chi connectivity index (χ2n) is 3.80. The molecule has 1 aromatic carbocycles. The Kier molecular flexibility index (Phi) is 2.59. The molecule has 0 saturated heterocycles. The van der Waals surface area contributed by atoms with Gasteiger partial charge in [0.2, 0.25) is 0 Å². The maximum atomic E-state index is 11.4. The Balaban J connectivity index is 3.00. The van der Waals surface area contributed by atoms with Crippen LogP contribution in [0.1, 0.15) is 18.1 Å². The average Bonchev–Trinajstić information content (AvgIpc) is 2.27. The summed E-state index contributed by atoms with van der Waals surface area (Å²) in [6.07, 6.45) is 0. The number of hydrogen-bond donors (Lipinski definition) is 2. The molecule has 1 aromatic heterocycles. The highest BCUT2D eigenvalue weighted by Gasteiger charge is 2.14. The minimum atomic E-state index is -0.466. The first-order valence-corrected chi connectivity index (χ1v) is 5.06. The molecule has 0 bridgehead atoms. The summed E-state index contributed by atoms with van der Waals surface area (Å²) in [7, 11) is 0. The molecule has 88 valence electrons. The number of aryl methyl sites for hydroxylation is 1. The Labute approximate surface area is 97.2 Å². The van der Waals surface area contributed by atoms with E-state index in [1.165, 1.54) is 12.1 Å². The number of fused-ring (bicyclic) bond motifs is 1. The van der Waals surface area contributed by atoms with Gasteiger partial charge in [-0.2, -0.15) is 5.10 Å². The van der Waals surface area contributed by atoms with E-state index in [-0.39, 0.29) is 5.75 Å². The van der Waals surface area contributed by atoms with E-state index >= 15 is 0 Å². The smallest absolute Gasteiger partial charge is 0.336 e. The van der Waals surface area contributed by atoms with Crippen LogP contribution in [0.15, 0.2) is 32.5 Å². The van der Waals surface area contributed by atoms with Crippen LogP contribution in [-0.2, 0) is 0 Å². The van der Waals surface area contributed by atoms with Crippen molar-refractivity contribution >= 4 is 16.7 Å². The van der Waals surface area contributed by atoms with Crippen molar-refractivity contribution in [3.63, 3.8) is 0 Å². The Morgan fingerprint density at radius 2 is 2.18 bits per heavy atom. The van der Waals surface area contributed by atoms with E-state index in [4.69, 9.17) is 10.3 Å². The topological polar surface area (TPSA) is 88.8 Å². The van der Waals surface area contributed by atoms with E-state index in [1.807, 2.05) is 0 Å². The van der Waals surface area contributed by atoms with Crippen LogP contribution in [0.3, 0.4) is 0 Å². The molecule has 2 aromatic rings. The highest BCUT2D eigenvalue weighted by atomic mass is 16.4. The van der Waals surface area contributed by atoms with Crippen LogP contribution in [0.4, 0.5) is 0 Å². The van der Waals surface area contributed by atoms with Crippen molar-refractivity contribution in [1.82, 2.24) is 0 Å². The molecule has 0 fully saturated rings. The van der Waals surface area contributed by atoms with Gasteiger partial charge in [-0.3, -0.25) is 0 Å². The van der Waals surface area contributed by atoms with Crippen LogP contribution in [0.2, 0.25) is 0 Å². The van der Waals surface area contributed by atoms with Crippen molar-refractivity contribution in [3.05, 3.63) is 39.7 Å². The molecule has 0 aliphatic carbocycles. The average molecular weight is 232 g/mol. The molecule has 0 aliphatic rings. The fourth-order valence-electron chi connectivity index (χ4n) is 1.79. The van der Waals surface area contributed by atoms with Gasteiger partial charge in [-0.15, -0.1) is 0 Å². The summed E-state index contributed by atoms with van der Waals surface area (Å²) in [6, 6.07) is 4.62. The molecule has 0 spiro atoms.